The van der Waals surface area contributed by atoms with Crippen LogP contribution in [0.2, 0.25) is 0 Å². The molecule has 0 bridgehead atoms. The number of hydrogen-bond acceptors (Lipinski definition) is 6. The van der Waals surface area contributed by atoms with E-state index in [0.717, 1.165) is 9.90 Å². The molecule has 9 heteroatoms. The number of aromatic nitrogens is 1. The standard InChI is InChI=1S/C19H13N2O4S2.ClH/c1-25-16-8-3-2-5-13(16)10-17-18(22)20-15(11-26-19(20)27-17)12-6-4-7-14(9-12)21(23)24;/h2-11H,1H3;1H/q+1;/p-1. The van der Waals surface area contributed by atoms with Crippen LogP contribution in [0.15, 0.2) is 63.2 Å². The van der Waals surface area contributed by atoms with Crippen molar-refractivity contribution in [1.82, 2.24) is 0 Å². The molecule has 28 heavy (non-hydrogen) atoms. The first-order valence-corrected chi connectivity index (χ1v) is 9.64. The molecule has 3 aromatic rings. The van der Waals surface area contributed by atoms with Crippen LogP contribution in [-0.4, -0.2) is 17.9 Å². The first kappa shape index (κ1) is 20.1. The number of thioether (sulfide) groups is 1. The largest absolute Gasteiger partial charge is 1.00 e. The summed E-state index contributed by atoms with van der Waals surface area (Å²) in [4.78, 5) is 24.2. The number of non-ortho nitro benzene ring substituents is 1. The number of rotatable bonds is 4. The maximum atomic E-state index is 13.0. The van der Waals surface area contributed by atoms with Gasteiger partial charge >= 0.3 is 10.2 Å². The molecule has 6 nitrogen and oxygen atoms in total. The average molecular weight is 433 g/mol. The van der Waals surface area contributed by atoms with Crippen molar-refractivity contribution in [3.05, 3.63) is 74.5 Å². The molecular weight excluding hydrogens is 420 g/mol. The first-order chi connectivity index (χ1) is 13.1. The van der Waals surface area contributed by atoms with Gasteiger partial charge in [-0.05, 0) is 18.2 Å². The van der Waals surface area contributed by atoms with E-state index >= 15 is 0 Å². The van der Waals surface area contributed by atoms with Crippen LogP contribution in [0.4, 0.5) is 5.69 Å². The number of thiazole rings is 1. The number of carbonyl (C=O) groups is 1. The summed E-state index contributed by atoms with van der Waals surface area (Å²) in [6, 6.07) is 13.8. The van der Waals surface area contributed by atoms with Gasteiger partial charge in [-0.1, -0.05) is 35.6 Å². The van der Waals surface area contributed by atoms with Crippen molar-refractivity contribution < 1.29 is 31.4 Å². The van der Waals surface area contributed by atoms with Crippen molar-refractivity contribution in [3.8, 4) is 17.0 Å². The molecule has 0 N–H and O–H groups in total. The highest BCUT2D eigenvalue weighted by Gasteiger charge is 2.41. The van der Waals surface area contributed by atoms with E-state index in [1.807, 2.05) is 35.7 Å². The third kappa shape index (κ3) is 3.54. The summed E-state index contributed by atoms with van der Waals surface area (Å²) < 4.78 is 7.77. The number of fused-ring (bicyclic) bond motifs is 1. The van der Waals surface area contributed by atoms with Crippen molar-refractivity contribution in [2.75, 3.05) is 7.11 Å². The third-order valence-corrected chi connectivity index (χ3v) is 6.22. The fourth-order valence-electron chi connectivity index (χ4n) is 2.81. The molecule has 2 aromatic carbocycles. The second kappa shape index (κ2) is 8.14. The number of carbonyl (C=O) groups excluding carboxylic acids is 1. The van der Waals surface area contributed by atoms with Crippen LogP contribution in [0.3, 0.4) is 0 Å². The van der Waals surface area contributed by atoms with Gasteiger partial charge in [-0.15, -0.1) is 4.57 Å². The number of nitro groups is 1. The van der Waals surface area contributed by atoms with E-state index in [0.29, 0.717) is 21.9 Å². The molecule has 0 fully saturated rings. The van der Waals surface area contributed by atoms with Crippen LogP contribution in [0.5, 0.6) is 5.75 Å². The summed E-state index contributed by atoms with van der Waals surface area (Å²) >= 11 is 2.83. The van der Waals surface area contributed by atoms with Gasteiger partial charge in [0.2, 0.25) is 5.69 Å². The average Bonchev–Trinajstić information content (AvgIpc) is 3.23. The summed E-state index contributed by atoms with van der Waals surface area (Å²) in [5, 5.41) is 12.9. The molecule has 0 saturated carbocycles. The molecule has 1 aliphatic heterocycles. The van der Waals surface area contributed by atoms with Gasteiger partial charge in [0.05, 0.1) is 23.0 Å². The molecule has 0 aliphatic carbocycles. The summed E-state index contributed by atoms with van der Waals surface area (Å²) in [6.45, 7) is 0. The van der Waals surface area contributed by atoms with E-state index in [1.54, 1.807) is 23.8 Å². The maximum absolute atomic E-state index is 13.0. The van der Waals surface area contributed by atoms with E-state index in [4.69, 9.17) is 4.74 Å². The summed E-state index contributed by atoms with van der Waals surface area (Å²) in [5.41, 5.74) is 2.11. The normalized spacial score (nSPS) is 13.9. The van der Waals surface area contributed by atoms with E-state index in [1.165, 1.54) is 35.2 Å². The Morgan fingerprint density at radius 2 is 1.96 bits per heavy atom. The Hall–Kier alpha value is -2.68. The van der Waals surface area contributed by atoms with Crippen LogP contribution in [0.1, 0.15) is 10.4 Å². The molecule has 2 heterocycles. The number of ether oxygens (including phenoxy) is 1. The molecule has 4 rings (SSSR count). The summed E-state index contributed by atoms with van der Waals surface area (Å²) in [5.74, 6) is 0.543. The van der Waals surface area contributed by atoms with Crippen molar-refractivity contribution in [1.29, 1.82) is 0 Å². The van der Waals surface area contributed by atoms with Crippen LogP contribution in [-0.2, 0) is 0 Å². The number of halogens is 1. The molecular formula is C19H13ClN2O4S2. The van der Waals surface area contributed by atoms with Crippen molar-refractivity contribution in [2.45, 2.75) is 4.34 Å². The van der Waals surface area contributed by atoms with Gasteiger partial charge in [0.1, 0.15) is 10.7 Å². The van der Waals surface area contributed by atoms with Gasteiger partial charge in [-0.2, -0.15) is 0 Å². The second-order valence-corrected chi connectivity index (χ2v) is 7.83. The number of methoxy groups -OCH3 is 1. The second-order valence-electron chi connectivity index (χ2n) is 5.69. The fraction of sp³-hybridized carbons (Fsp3) is 0.0526. The Balaban J connectivity index is 0.00000225. The predicted octanol–water partition coefficient (Wildman–Crippen LogP) is 1.41. The highest BCUT2D eigenvalue weighted by molar-refractivity contribution is 8.05. The van der Waals surface area contributed by atoms with E-state index in [2.05, 4.69) is 0 Å². The van der Waals surface area contributed by atoms with Crippen molar-refractivity contribution in [2.24, 2.45) is 0 Å². The number of nitro benzene ring substituents is 1. The zero-order valence-electron chi connectivity index (χ0n) is 14.5. The highest BCUT2D eigenvalue weighted by atomic mass is 35.5. The van der Waals surface area contributed by atoms with Crippen LogP contribution in [0.25, 0.3) is 17.3 Å². The van der Waals surface area contributed by atoms with Crippen molar-refractivity contribution >= 4 is 40.8 Å². The number of benzene rings is 2. The van der Waals surface area contributed by atoms with Crippen LogP contribution in [0, 0.1) is 10.1 Å². The molecule has 142 valence electrons. The zero-order chi connectivity index (χ0) is 19.0. The Morgan fingerprint density at radius 3 is 2.71 bits per heavy atom. The van der Waals surface area contributed by atoms with E-state index < -0.39 is 4.92 Å². The third-order valence-electron chi connectivity index (χ3n) is 4.08. The lowest BCUT2D eigenvalue weighted by molar-refractivity contribution is -0.588. The smallest absolute Gasteiger partial charge is 0.433 e. The quantitative estimate of drug-likeness (QED) is 0.270. The van der Waals surface area contributed by atoms with Crippen LogP contribution >= 0.6 is 23.1 Å². The predicted molar refractivity (Wildman–Crippen MR) is 104 cm³/mol. The lowest BCUT2D eigenvalue weighted by Crippen LogP contribution is -3.00. The molecule has 0 spiro atoms. The topological polar surface area (TPSA) is 73.3 Å². The Morgan fingerprint density at radius 1 is 1.18 bits per heavy atom. The SMILES string of the molecule is COc1ccccc1C=C1Sc2scc(-c3cccc([N+](=O)[O-])c3)[n+]2C1=O.[Cl-]. The van der Waals surface area contributed by atoms with Gasteiger partial charge in [0.15, 0.2) is 0 Å². The summed E-state index contributed by atoms with van der Waals surface area (Å²) in [7, 11) is 1.59. The maximum Gasteiger partial charge on any atom is 0.433 e. The Bertz CT molecular complexity index is 1110. The molecule has 0 amide bonds. The van der Waals surface area contributed by atoms with Gasteiger partial charge in [-0.25, -0.2) is 4.79 Å². The minimum absolute atomic E-state index is 0. The first-order valence-electron chi connectivity index (χ1n) is 7.94. The van der Waals surface area contributed by atoms with Gasteiger partial charge in [-0.3, -0.25) is 10.1 Å². The number of nitrogens with zero attached hydrogens (tertiary/aromatic N) is 2. The minimum Gasteiger partial charge on any atom is -1.00 e. The zero-order valence-corrected chi connectivity index (χ0v) is 16.9. The van der Waals surface area contributed by atoms with Crippen LogP contribution < -0.4 is 21.7 Å². The lowest BCUT2D eigenvalue weighted by atomic mass is 10.1. The Labute approximate surface area is 175 Å². The fourth-order valence-corrected chi connectivity index (χ4v) is 4.99. The minimum atomic E-state index is -0.440. The number of para-hydroxylation sites is 1. The van der Waals surface area contributed by atoms with Gasteiger partial charge in [0.25, 0.3) is 5.69 Å². The summed E-state index contributed by atoms with van der Waals surface area (Å²) in [6.07, 6.45) is 1.81. The molecule has 1 aromatic heterocycles. The van der Waals surface area contributed by atoms with E-state index in [9.17, 15) is 14.9 Å². The molecule has 0 atom stereocenters. The molecule has 1 aliphatic rings. The van der Waals surface area contributed by atoms with Gasteiger partial charge < -0.3 is 17.1 Å². The van der Waals surface area contributed by atoms with Gasteiger partial charge in [0, 0.05) is 29.5 Å². The number of allylic oxidation sites excluding steroid dienone is 1. The Kier molecular flexibility index (Phi) is 5.83. The highest BCUT2D eigenvalue weighted by Crippen LogP contribution is 2.39. The lowest BCUT2D eigenvalue weighted by Gasteiger charge is -2.03. The van der Waals surface area contributed by atoms with Crippen molar-refractivity contribution in [3.63, 3.8) is 0 Å². The molecule has 0 radical (unpaired) electrons. The monoisotopic (exact) mass is 432 g/mol. The van der Waals surface area contributed by atoms with E-state index in [-0.39, 0.29) is 24.0 Å². The number of hydrogen-bond donors (Lipinski definition) is 0. The molecule has 0 unspecified atom stereocenters. The molecule has 0 saturated heterocycles.